The summed E-state index contributed by atoms with van der Waals surface area (Å²) in [6.45, 7) is 7.63. The van der Waals surface area contributed by atoms with Crippen LogP contribution in [0.4, 0.5) is 0 Å². The molecule has 3 N–H and O–H groups in total. The second-order valence-electron chi connectivity index (χ2n) is 11.0. The number of hydrogen-bond acceptors (Lipinski definition) is 5. The zero-order valence-electron chi connectivity index (χ0n) is 19.4. The lowest BCUT2D eigenvalue weighted by atomic mass is 9.52. The maximum absolute atomic E-state index is 13.3. The minimum Gasteiger partial charge on any atom is -0.481 e. The van der Waals surface area contributed by atoms with Crippen molar-refractivity contribution in [3.8, 4) is 5.88 Å². The summed E-state index contributed by atoms with van der Waals surface area (Å²) >= 11 is 0. The van der Waals surface area contributed by atoms with E-state index in [1.807, 2.05) is 13.8 Å². The highest BCUT2D eigenvalue weighted by Crippen LogP contribution is 2.55. The van der Waals surface area contributed by atoms with Crippen molar-refractivity contribution in [2.45, 2.75) is 71.4 Å². The van der Waals surface area contributed by atoms with Gasteiger partial charge in [-0.25, -0.2) is 4.68 Å². The maximum Gasteiger partial charge on any atom is 0.312 e. The Balaban J connectivity index is 1.54. The van der Waals surface area contributed by atoms with Gasteiger partial charge in [-0.05, 0) is 75.7 Å². The largest absolute Gasteiger partial charge is 0.481 e. The van der Waals surface area contributed by atoms with E-state index in [-0.39, 0.29) is 17.9 Å². The van der Waals surface area contributed by atoms with E-state index in [0.717, 1.165) is 32.1 Å². The fourth-order valence-corrected chi connectivity index (χ4v) is 5.78. The van der Waals surface area contributed by atoms with Crippen LogP contribution >= 0.6 is 0 Å². The first-order chi connectivity index (χ1) is 15.0. The molecule has 4 aliphatic carbocycles. The molecule has 1 aromatic heterocycles. The molecule has 4 fully saturated rings. The Morgan fingerprint density at radius 1 is 1.31 bits per heavy atom. The molecule has 176 valence electrons. The van der Waals surface area contributed by atoms with Crippen molar-refractivity contribution in [2.24, 2.45) is 29.1 Å². The Bertz CT molecular complexity index is 903. The van der Waals surface area contributed by atoms with Crippen molar-refractivity contribution in [3.63, 3.8) is 0 Å². The topological polar surface area (TPSA) is 114 Å². The summed E-state index contributed by atoms with van der Waals surface area (Å²) in [4.78, 5) is 24.7. The Morgan fingerprint density at radius 2 is 1.97 bits per heavy atom. The average Bonchev–Trinajstić information content (AvgIpc) is 3.09. The molecule has 2 unspecified atom stereocenters. The Hall–Kier alpha value is -2.35. The minimum absolute atomic E-state index is 0.0575. The zero-order chi connectivity index (χ0) is 23.3. The maximum atomic E-state index is 13.3. The predicted octanol–water partition coefficient (Wildman–Crippen LogP) is 3.17. The van der Waals surface area contributed by atoms with E-state index in [1.165, 1.54) is 17.0 Å². The SMILES string of the molecule is CC(C)COc1c(C(=O)NC2C3CC4CC2CC(O)(C4)C3)cnn1C=CC(C)(C)C(=O)O. The van der Waals surface area contributed by atoms with Crippen molar-refractivity contribution in [3.05, 3.63) is 17.8 Å². The second kappa shape index (κ2) is 8.21. The highest BCUT2D eigenvalue weighted by molar-refractivity contribution is 5.96. The first-order valence-corrected chi connectivity index (χ1v) is 11.6. The van der Waals surface area contributed by atoms with Crippen molar-refractivity contribution < 1.29 is 24.5 Å². The molecule has 8 heteroatoms. The Labute approximate surface area is 189 Å². The number of amides is 1. The molecular weight excluding hydrogens is 410 g/mol. The van der Waals surface area contributed by atoms with Crippen molar-refractivity contribution in [1.82, 2.24) is 15.1 Å². The smallest absolute Gasteiger partial charge is 0.312 e. The van der Waals surface area contributed by atoms with Gasteiger partial charge in [0, 0.05) is 12.2 Å². The second-order valence-corrected chi connectivity index (χ2v) is 11.0. The van der Waals surface area contributed by atoms with Crippen LogP contribution in [0.2, 0.25) is 0 Å². The molecule has 1 heterocycles. The van der Waals surface area contributed by atoms with Gasteiger partial charge < -0.3 is 20.3 Å². The fraction of sp³-hybridized carbons (Fsp3) is 0.708. The summed E-state index contributed by atoms with van der Waals surface area (Å²) in [6, 6.07) is 0.0575. The number of carboxylic acid groups (broad SMARTS) is 1. The molecule has 0 aromatic carbocycles. The van der Waals surface area contributed by atoms with Crippen LogP contribution in [0.1, 0.15) is 70.2 Å². The summed E-state index contributed by atoms with van der Waals surface area (Å²) < 4.78 is 7.37. The lowest BCUT2D eigenvalue weighted by Gasteiger charge is -2.58. The van der Waals surface area contributed by atoms with Gasteiger partial charge in [0.1, 0.15) is 5.56 Å². The van der Waals surface area contributed by atoms with E-state index < -0.39 is 17.0 Å². The summed E-state index contributed by atoms with van der Waals surface area (Å²) in [6.07, 6.45) is 9.09. The first kappa shape index (κ1) is 22.8. The van der Waals surface area contributed by atoms with Gasteiger partial charge in [0.2, 0.25) is 5.88 Å². The molecule has 32 heavy (non-hydrogen) atoms. The van der Waals surface area contributed by atoms with Crippen molar-refractivity contribution in [2.75, 3.05) is 6.61 Å². The lowest BCUT2D eigenvalue weighted by Crippen LogP contribution is -2.61. The van der Waals surface area contributed by atoms with Gasteiger partial charge in [0.05, 0.1) is 23.8 Å². The van der Waals surface area contributed by atoms with E-state index in [4.69, 9.17) is 4.74 Å². The number of carbonyl (C=O) groups excluding carboxylic acids is 1. The summed E-state index contributed by atoms with van der Waals surface area (Å²) in [5.41, 5.74) is -1.28. The summed E-state index contributed by atoms with van der Waals surface area (Å²) in [5, 5.41) is 27.7. The van der Waals surface area contributed by atoms with E-state index >= 15 is 0 Å². The molecule has 5 rings (SSSR count). The van der Waals surface area contributed by atoms with Crippen LogP contribution in [0.15, 0.2) is 12.3 Å². The highest BCUT2D eigenvalue weighted by Gasteiger charge is 2.55. The molecule has 2 atom stereocenters. The van der Waals surface area contributed by atoms with E-state index in [1.54, 1.807) is 20.0 Å². The van der Waals surface area contributed by atoms with Crippen LogP contribution in [0.3, 0.4) is 0 Å². The van der Waals surface area contributed by atoms with Gasteiger partial charge >= 0.3 is 5.97 Å². The number of aliphatic hydroxyl groups is 1. The molecule has 0 aliphatic heterocycles. The van der Waals surface area contributed by atoms with Crippen molar-refractivity contribution in [1.29, 1.82) is 0 Å². The van der Waals surface area contributed by atoms with Gasteiger partial charge in [-0.3, -0.25) is 9.59 Å². The number of nitrogens with one attached hydrogen (secondary N) is 1. The first-order valence-electron chi connectivity index (χ1n) is 11.6. The average molecular weight is 446 g/mol. The fourth-order valence-electron chi connectivity index (χ4n) is 5.78. The number of carboxylic acids is 1. The molecule has 1 aromatic rings. The molecule has 4 saturated carbocycles. The minimum atomic E-state index is -1.08. The summed E-state index contributed by atoms with van der Waals surface area (Å²) in [5.74, 6) is 0.566. The third kappa shape index (κ3) is 4.42. The molecule has 1 amide bonds. The molecule has 4 aliphatic rings. The highest BCUT2D eigenvalue weighted by atomic mass is 16.5. The predicted molar refractivity (Wildman–Crippen MR) is 119 cm³/mol. The standard InChI is InChI=1S/C24H35N3O5/c1-14(2)13-32-21-18(12-25-27(21)6-5-23(3,4)22(29)30)20(28)26-19-16-7-15-8-17(19)11-24(31,9-15)10-16/h5-6,12,14-17,19,31H,7-11,13H2,1-4H3,(H,26,28)(H,29,30). The van der Waals surface area contributed by atoms with E-state index in [0.29, 0.717) is 35.8 Å². The van der Waals surface area contributed by atoms with Gasteiger partial charge in [0.25, 0.3) is 5.91 Å². The zero-order valence-corrected chi connectivity index (χ0v) is 19.4. The summed E-state index contributed by atoms with van der Waals surface area (Å²) in [7, 11) is 0. The van der Waals surface area contributed by atoms with Crippen LogP contribution in [0.25, 0.3) is 6.20 Å². The lowest BCUT2D eigenvalue weighted by molar-refractivity contribution is -0.144. The van der Waals surface area contributed by atoms with Crippen LogP contribution in [0.5, 0.6) is 5.88 Å². The van der Waals surface area contributed by atoms with Crippen LogP contribution < -0.4 is 10.1 Å². The van der Waals surface area contributed by atoms with Crippen molar-refractivity contribution >= 4 is 18.1 Å². The molecule has 8 nitrogen and oxygen atoms in total. The number of aromatic nitrogens is 2. The molecule has 0 spiro atoms. The number of nitrogens with zero attached hydrogens (tertiary/aromatic N) is 2. The Morgan fingerprint density at radius 3 is 2.53 bits per heavy atom. The quantitative estimate of drug-likeness (QED) is 0.566. The van der Waals surface area contributed by atoms with Gasteiger partial charge in [-0.15, -0.1) is 0 Å². The normalized spacial score (nSPS) is 31.4. The van der Waals surface area contributed by atoms with Crippen LogP contribution in [-0.4, -0.2) is 50.1 Å². The molecule has 4 bridgehead atoms. The Kier molecular flexibility index (Phi) is 5.86. The number of carbonyl (C=O) groups is 2. The molecule has 0 saturated heterocycles. The van der Waals surface area contributed by atoms with E-state index in [2.05, 4.69) is 10.4 Å². The third-order valence-corrected chi connectivity index (χ3v) is 7.27. The van der Waals surface area contributed by atoms with E-state index in [9.17, 15) is 19.8 Å². The third-order valence-electron chi connectivity index (χ3n) is 7.27. The monoisotopic (exact) mass is 445 g/mol. The van der Waals surface area contributed by atoms with Gasteiger partial charge in [0.15, 0.2) is 0 Å². The van der Waals surface area contributed by atoms with Gasteiger partial charge in [-0.2, -0.15) is 5.10 Å². The number of ether oxygens (including phenoxy) is 1. The molecule has 0 radical (unpaired) electrons. The van der Waals surface area contributed by atoms with Crippen LogP contribution in [-0.2, 0) is 4.79 Å². The van der Waals surface area contributed by atoms with Gasteiger partial charge in [-0.1, -0.05) is 13.8 Å². The number of rotatable bonds is 8. The number of hydrogen-bond donors (Lipinski definition) is 3. The van der Waals surface area contributed by atoms with Crippen LogP contribution in [0, 0.1) is 29.1 Å². The molecular formula is C24H35N3O5. The number of aliphatic carboxylic acids is 1.